The SMILES string of the molecule is C[C@@H](N)C(=O)NCCC12CC3CC(CC(C3)C1)C2. The fourth-order valence-corrected chi connectivity index (χ4v) is 5.21. The summed E-state index contributed by atoms with van der Waals surface area (Å²) in [5.74, 6) is 3.00. The van der Waals surface area contributed by atoms with Gasteiger partial charge in [-0.15, -0.1) is 0 Å². The van der Waals surface area contributed by atoms with E-state index in [2.05, 4.69) is 5.32 Å². The zero-order valence-corrected chi connectivity index (χ0v) is 11.5. The summed E-state index contributed by atoms with van der Waals surface area (Å²) in [6, 6.07) is -0.374. The monoisotopic (exact) mass is 250 g/mol. The summed E-state index contributed by atoms with van der Waals surface area (Å²) in [5, 5.41) is 2.99. The molecular formula is C15H26N2O. The first-order valence-electron chi connectivity index (χ1n) is 7.60. The fraction of sp³-hybridized carbons (Fsp3) is 0.933. The number of hydrogen-bond acceptors (Lipinski definition) is 2. The average Bonchev–Trinajstić information content (AvgIpc) is 2.26. The predicted molar refractivity (Wildman–Crippen MR) is 71.9 cm³/mol. The van der Waals surface area contributed by atoms with Crippen molar-refractivity contribution in [2.45, 2.75) is 57.9 Å². The molecule has 4 saturated carbocycles. The van der Waals surface area contributed by atoms with Crippen LogP contribution in [-0.2, 0) is 4.79 Å². The second-order valence-corrected chi connectivity index (χ2v) is 7.25. The Kier molecular flexibility index (Phi) is 3.13. The molecule has 0 aromatic heterocycles. The number of nitrogens with one attached hydrogen (secondary N) is 1. The topological polar surface area (TPSA) is 55.1 Å². The van der Waals surface area contributed by atoms with E-state index in [4.69, 9.17) is 5.73 Å². The van der Waals surface area contributed by atoms with Crippen molar-refractivity contribution in [3.05, 3.63) is 0 Å². The molecule has 0 aromatic carbocycles. The Morgan fingerprint density at radius 2 is 1.72 bits per heavy atom. The van der Waals surface area contributed by atoms with Gasteiger partial charge in [0.25, 0.3) is 0 Å². The molecule has 4 aliphatic rings. The number of rotatable bonds is 4. The summed E-state index contributed by atoms with van der Waals surface area (Å²) in [4.78, 5) is 11.5. The Morgan fingerprint density at radius 1 is 1.22 bits per heavy atom. The first-order chi connectivity index (χ1) is 8.56. The highest BCUT2D eigenvalue weighted by molar-refractivity contribution is 5.80. The molecule has 0 spiro atoms. The second-order valence-electron chi connectivity index (χ2n) is 7.25. The van der Waals surface area contributed by atoms with Gasteiger partial charge >= 0.3 is 0 Å². The number of carbonyl (C=O) groups is 1. The molecule has 3 nitrogen and oxygen atoms in total. The third-order valence-corrected chi connectivity index (χ3v) is 5.53. The van der Waals surface area contributed by atoms with Crippen molar-refractivity contribution >= 4 is 5.91 Å². The minimum absolute atomic E-state index is 0.000252. The van der Waals surface area contributed by atoms with Gasteiger partial charge in [0, 0.05) is 6.54 Å². The van der Waals surface area contributed by atoms with Crippen molar-refractivity contribution in [3.8, 4) is 0 Å². The number of hydrogen-bond donors (Lipinski definition) is 2. The van der Waals surface area contributed by atoms with Gasteiger partial charge in [-0.25, -0.2) is 0 Å². The van der Waals surface area contributed by atoms with Crippen LogP contribution in [0.1, 0.15) is 51.9 Å². The summed E-state index contributed by atoms with van der Waals surface area (Å²) in [6.45, 7) is 2.58. The summed E-state index contributed by atoms with van der Waals surface area (Å²) in [5.41, 5.74) is 6.14. The van der Waals surface area contributed by atoms with Gasteiger partial charge in [0.2, 0.25) is 5.91 Å². The van der Waals surface area contributed by atoms with E-state index in [-0.39, 0.29) is 11.9 Å². The van der Waals surface area contributed by atoms with Crippen LogP contribution in [-0.4, -0.2) is 18.5 Å². The third kappa shape index (κ3) is 2.29. The Bertz CT molecular complexity index is 302. The molecule has 3 heteroatoms. The molecule has 1 atom stereocenters. The van der Waals surface area contributed by atoms with Crippen molar-refractivity contribution in [2.24, 2.45) is 28.9 Å². The van der Waals surface area contributed by atoms with Gasteiger partial charge < -0.3 is 11.1 Å². The highest BCUT2D eigenvalue weighted by atomic mass is 16.2. The third-order valence-electron chi connectivity index (χ3n) is 5.53. The zero-order chi connectivity index (χ0) is 12.8. The average molecular weight is 250 g/mol. The molecule has 0 unspecified atom stereocenters. The number of carbonyl (C=O) groups excluding carboxylic acids is 1. The summed E-state index contributed by atoms with van der Waals surface area (Å²) >= 11 is 0. The van der Waals surface area contributed by atoms with Crippen molar-refractivity contribution < 1.29 is 4.79 Å². The Hall–Kier alpha value is -0.570. The Balaban J connectivity index is 1.54. The van der Waals surface area contributed by atoms with Crippen LogP contribution in [0.4, 0.5) is 0 Å². The molecule has 18 heavy (non-hydrogen) atoms. The molecule has 1 amide bonds. The highest BCUT2D eigenvalue weighted by Crippen LogP contribution is 2.61. The van der Waals surface area contributed by atoms with Crippen molar-refractivity contribution in [1.82, 2.24) is 5.32 Å². The van der Waals surface area contributed by atoms with Gasteiger partial charge in [0.1, 0.15) is 0 Å². The van der Waals surface area contributed by atoms with E-state index >= 15 is 0 Å². The van der Waals surface area contributed by atoms with E-state index in [1.165, 1.54) is 44.9 Å². The Morgan fingerprint density at radius 3 is 2.17 bits per heavy atom. The van der Waals surface area contributed by atoms with Crippen LogP contribution in [0, 0.1) is 23.2 Å². The molecule has 102 valence electrons. The zero-order valence-electron chi connectivity index (χ0n) is 11.5. The maximum atomic E-state index is 11.5. The van der Waals surface area contributed by atoms with E-state index in [9.17, 15) is 4.79 Å². The maximum absolute atomic E-state index is 11.5. The number of amides is 1. The minimum Gasteiger partial charge on any atom is -0.355 e. The van der Waals surface area contributed by atoms with Gasteiger partial charge in [-0.2, -0.15) is 0 Å². The summed E-state index contributed by atoms with van der Waals surface area (Å²) < 4.78 is 0. The molecular weight excluding hydrogens is 224 g/mol. The standard InChI is InChI=1S/C15H26N2O/c1-10(16)14(18)17-3-2-15-7-11-4-12(8-15)6-13(5-11)9-15/h10-13H,2-9,16H2,1H3,(H,17,18)/t10-,11?,12?,13?,15?/m1/s1. The molecule has 4 bridgehead atoms. The number of nitrogens with two attached hydrogens (primary N) is 1. The summed E-state index contributed by atoms with van der Waals surface area (Å²) in [7, 11) is 0. The van der Waals surface area contributed by atoms with E-state index < -0.39 is 0 Å². The van der Waals surface area contributed by atoms with Crippen LogP contribution in [0.25, 0.3) is 0 Å². The van der Waals surface area contributed by atoms with Crippen LogP contribution >= 0.6 is 0 Å². The van der Waals surface area contributed by atoms with Gasteiger partial charge in [0.15, 0.2) is 0 Å². The van der Waals surface area contributed by atoms with Crippen molar-refractivity contribution in [3.63, 3.8) is 0 Å². The lowest BCUT2D eigenvalue weighted by Gasteiger charge is -2.57. The normalized spacial score (nSPS) is 42.9. The molecule has 0 aliphatic heterocycles. The lowest BCUT2D eigenvalue weighted by Crippen LogP contribution is -2.48. The van der Waals surface area contributed by atoms with Crippen LogP contribution in [0.3, 0.4) is 0 Å². The van der Waals surface area contributed by atoms with E-state index in [0.717, 1.165) is 24.3 Å². The summed E-state index contributed by atoms with van der Waals surface area (Å²) in [6.07, 6.45) is 9.92. The smallest absolute Gasteiger partial charge is 0.236 e. The molecule has 4 rings (SSSR count). The lowest BCUT2D eigenvalue weighted by atomic mass is 9.49. The molecule has 0 heterocycles. The van der Waals surface area contributed by atoms with Gasteiger partial charge in [-0.3, -0.25) is 4.79 Å². The van der Waals surface area contributed by atoms with E-state index in [1.807, 2.05) is 0 Å². The maximum Gasteiger partial charge on any atom is 0.236 e. The van der Waals surface area contributed by atoms with E-state index in [1.54, 1.807) is 6.92 Å². The minimum atomic E-state index is -0.374. The second kappa shape index (κ2) is 4.52. The van der Waals surface area contributed by atoms with Crippen molar-refractivity contribution in [2.75, 3.05) is 6.54 Å². The molecule has 4 fully saturated rings. The first-order valence-corrected chi connectivity index (χ1v) is 7.60. The molecule has 0 saturated heterocycles. The Labute approximate surface area is 110 Å². The lowest BCUT2D eigenvalue weighted by molar-refractivity contribution is -0.122. The highest BCUT2D eigenvalue weighted by Gasteiger charge is 2.50. The van der Waals surface area contributed by atoms with Gasteiger partial charge in [-0.1, -0.05) is 0 Å². The van der Waals surface area contributed by atoms with E-state index in [0.29, 0.717) is 5.41 Å². The molecule has 4 aliphatic carbocycles. The predicted octanol–water partition coefficient (Wildman–Crippen LogP) is 2.06. The quantitative estimate of drug-likeness (QED) is 0.802. The first kappa shape index (κ1) is 12.5. The molecule has 0 aromatic rings. The largest absolute Gasteiger partial charge is 0.355 e. The van der Waals surface area contributed by atoms with Crippen LogP contribution in [0.2, 0.25) is 0 Å². The van der Waals surface area contributed by atoms with Crippen molar-refractivity contribution in [1.29, 1.82) is 0 Å². The molecule has 0 radical (unpaired) electrons. The van der Waals surface area contributed by atoms with Gasteiger partial charge in [-0.05, 0) is 75.0 Å². The van der Waals surface area contributed by atoms with Crippen LogP contribution in [0.15, 0.2) is 0 Å². The van der Waals surface area contributed by atoms with Gasteiger partial charge in [0.05, 0.1) is 6.04 Å². The molecule has 3 N–H and O–H groups in total. The van der Waals surface area contributed by atoms with Crippen LogP contribution in [0.5, 0.6) is 0 Å². The van der Waals surface area contributed by atoms with Crippen LogP contribution < -0.4 is 11.1 Å². The fourth-order valence-electron chi connectivity index (χ4n) is 5.21.